The fourth-order valence-electron chi connectivity index (χ4n) is 2.34. The van der Waals surface area contributed by atoms with E-state index in [1.807, 2.05) is 0 Å². The van der Waals surface area contributed by atoms with Gasteiger partial charge in [-0.1, -0.05) is 6.92 Å². The van der Waals surface area contributed by atoms with Gasteiger partial charge in [0.1, 0.15) is 0 Å². The molecule has 0 unspecified atom stereocenters. The van der Waals surface area contributed by atoms with Crippen molar-refractivity contribution in [1.29, 1.82) is 0 Å². The van der Waals surface area contributed by atoms with Gasteiger partial charge < -0.3 is 11.1 Å². The summed E-state index contributed by atoms with van der Waals surface area (Å²) in [5.74, 6) is 0.271. The van der Waals surface area contributed by atoms with Crippen molar-refractivity contribution in [3.05, 3.63) is 29.8 Å². The van der Waals surface area contributed by atoms with Gasteiger partial charge in [-0.3, -0.25) is 14.5 Å². The Bertz CT molecular complexity index is 476. The Morgan fingerprint density at radius 1 is 1.25 bits per heavy atom. The first-order valence-electron chi connectivity index (χ1n) is 6.96. The van der Waals surface area contributed by atoms with E-state index in [-0.39, 0.29) is 5.91 Å². The molecule has 0 aliphatic carbocycles. The first-order valence-corrected chi connectivity index (χ1v) is 6.96. The number of piperidine rings is 1. The number of amides is 2. The largest absolute Gasteiger partial charge is 0.366 e. The van der Waals surface area contributed by atoms with Crippen LogP contribution in [0, 0.1) is 5.92 Å². The summed E-state index contributed by atoms with van der Waals surface area (Å²) in [4.78, 5) is 25.1. The summed E-state index contributed by atoms with van der Waals surface area (Å²) in [5.41, 5.74) is 6.29. The number of carbonyl (C=O) groups excluding carboxylic acids is 2. The molecule has 3 N–H and O–H groups in total. The van der Waals surface area contributed by atoms with E-state index in [0.717, 1.165) is 31.8 Å². The Kier molecular flexibility index (Phi) is 4.74. The molecule has 20 heavy (non-hydrogen) atoms. The van der Waals surface area contributed by atoms with E-state index in [1.165, 1.54) is 0 Å². The summed E-state index contributed by atoms with van der Waals surface area (Å²) in [6.07, 6.45) is 2.31. The van der Waals surface area contributed by atoms with Crippen molar-refractivity contribution in [2.45, 2.75) is 19.8 Å². The molecule has 5 heteroatoms. The zero-order chi connectivity index (χ0) is 14.5. The number of anilines is 1. The van der Waals surface area contributed by atoms with Crippen LogP contribution in [0.2, 0.25) is 0 Å². The number of hydrogen-bond acceptors (Lipinski definition) is 3. The zero-order valence-electron chi connectivity index (χ0n) is 11.8. The van der Waals surface area contributed by atoms with Gasteiger partial charge in [0.25, 0.3) is 0 Å². The van der Waals surface area contributed by atoms with E-state index in [9.17, 15) is 9.59 Å². The van der Waals surface area contributed by atoms with Gasteiger partial charge in [-0.25, -0.2) is 0 Å². The van der Waals surface area contributed by atoms with Crippen LogP contribution in [0.15, 0.2) is 24.3 Å². The van der Waals surface area contributed by atoms with E-state index in [4.69, 9.17) is 5.73 Å². The van der Waals surface area contributed by atoms with Gasteiger partial charge in [0.05, 0.1) is 6.54 Å². The average Bonchev–Trinajstić information content (AvgIpc) is 2.42. The number of carbonyl (C=O) groups is 2. The van der Waals surface area contributed by atoms with Gasteiger partial charge in [0, 0.05) is 11.3 Å². The van der Waals surface area contributed by atoms with Crippen molar-refractivity contribution in [1.82, 2.24) is 4.90 Å². The Labute approximate surface area is 119 Å². The van der Waals surface area contributed by atoms with Crippen LogP contribution in [0.25, 0.3) is 0 Å². The van der Waals surface area contributed by atoms with Crippen LogP contribution in [0.3, 0.4) is 0 Å². The Morgan fingerprint density at radius 3 is 2.40 bits per heavy atom. The monoisotopic (exact) mass is 275 g/mol. The zero-order valence-corrected chi connectivity index (χ0v) is 11.8. The number of primary amides is 1. The number of nitrogens with one attached hydrogen (secondary N) is 1. The van der Waals surface area contributed by atoms with Crippen molar-refractivity contribution in [2.75, 3.05) is 25.0 Å². The number of hydrogen-bond donors (Lipinski definition) is 2. The summed E-state index contributed by atoms with van der Waals surface area (Å²) < 4.78 is 0. The third kappa shape index (κ3) is 4.06. The first-order chi connectivity index (χ1) is 9.54. The number of likely N-dealkylation sites (tertiary alicyclic amines) is 1. The van der Waals surface area contributed by atoms with Crippen LogP contribution >= 0.6 is 0 Å². The second kappa shape index (κ2) is 6.52. The molecular formula is C15H21N3O2. The third-order valence-corrected chi connectivity index (χ3v) is 3.70. The lowest BCUT2D eigenvalue weighted by atomic mass is 9.99. The quantitative estimate of drug-likeness (QED) is 0.873. The maximum atomic E-state index is 11.9. The van der Waals surface area contributed by atoms with E-state index >= 15 is 0 Å². The van der Waals surface area contributed by atoms with Gasteiger partial charge in [0.15, 0.2) is 0 Å². The normalized spacial score (nSPS) is 16.9. The Morgan fingerprint density at radius 2 is 1.85 bits per heavy atom. The average molecular weight is 275 g/mol. The molecule has 2 rings (SSSR count). The predicted octanol–water partition coefficient (Wildman–Crippen LogP) is 1.46. The Balaban J connectivity index is 1.83. The third-order valence-electron chi connectivity index (χ3n) is 3.70. The molecule has 0 spiro atoms. The molecule has 0 aromatic heterocycles. The molecular weight excluding hydrogens is 254 g/mol. The van der Waals surface area contributed by atoms with Crippen LogP contribution in [0.5, 0.6) is 0 Å². The van der Waals surface area contributed by atoms with Gasteiger partial charge >= 0.3 is 0 Å². The minimum Gasteiger partial charge on any atom is -0.366 e. The van der Waals surface area contributed by atoms with Gasteiger partial charge in [0.2, 0.25) is 11.8 Å². The summed E-state index contributed by atoms with van der Waals surface area (Å²) >= 11 is 0. The van der Waals surface area contributed by atoms with Gasteiger partial charge in [-0.2, -0.15) is 0 Å². The summed E-state index contributed by atoms with van der Waals surface area (Å²) in [7, 11) is 0. The molecule has 1 aromatic rings. The molecule has 0 saturated carbocycles. The van der Waals surface area contributed by atoms with E-state index in [1.54, 1.807) is 24.3 Å². The van der Waals surface area contributed by atoms with Gasteiger partial charge in [-0.15, -0.1) is 0 Å². The van der Waals surface area contributed by atoms with Crippen LogP contribution in [-0.4, -0.2) is 36.3 Å². The highest BCUT2D eigenvalue weighted by atomic mass is 16.2. The second-order valence-corrected chi connectivity index (χ2v) is 5.45. The van der Waals surface area contributed by atoms with Crippen molar-refractivity contribution in [3.8, 4) is 0 Å². The van der Waals surface area contributed by atoms with E-state index in [2.05, 4.69) is 17.1 Å². The van der Waals surface area contributed by atoms with Crippen molar-refractivity contribution < 1.29 is 9.59 Å². The number of benzene rings is 1. The van der Waals surface area contributed by atoms with Crippen molar-refractivity contribution >= 4 is 17.5 Å². The fourth-order valence-corrected chi connectivity index (χ4v) is 2.34. The highest BCUT2D eigenvalue weighted by Crippen LogP contribution is 2.16. The molecule has 1 fully saturated rings. The minimum atomic E-state index is -0.467. The smallest absolute Gasteiger partial charge is 0.248 e. The topological polar surface area (TPSA) is 75.4 Å². The number of nitrogens with zero attached hydrogens (tertiary/aromatic N) is 1. The van der Waals surface area contributed by atoms with Gasteiger partial charge in [-0.05, 0) is 56.1 Å². The lowest BCUT2D eigenvalue weighted by molar-refractivity contribution is -0.117. The number of rotatable bonds is 4. The molecule has 5 nitrogen and oxygen atoms in total. The van der Waals surface area contributed by atoms with Crippen LogP contribution in [0.4, 0.5) is 5.69 Å². The molecule has 1 aliphatic heterocycles. The minimum absolute atomic E-state index is 0.0219. The Hall–Kier alpha value is -1.88. The molecule has 1 heterocycles. The molecule has 0 atom stereocenters. The SMILES string of the molecule is CC1CCN(CC(=O)Nc2ccc(C(N)=O)cc2)CC1. The van der Waals surface area contributed by atoms with E-state index < -0.39 is 5.91 Å². The highest BCUT2D eigenvalue weighted by molar-refractivity contribution is 5.95. The standard InChI is InChI=1S/C15H21N3O2/c1-11-6-8-18(9-7-11)10-14(19)17-13-4-2-12(3-5-13)15(16)20/h2-5,11H,6-10H2,1H3,(H2,16,20)(H,17,19). The summed E-state index contributed by atoms with van der Waals surface area (Å²) in [6.45, 7) is 4.63. The molecule has 1 aliphatic rings. The van der Waals surface area contributed by atoms with Crippen LogP contribution in [0.1, 0.15) is 30.1 Å². The lowest BCUT2D eigenvalue weighted by Gasteiger charge is -2.29. The first kappa shape index (κ1) is 14.5. The highest BCUT2D eigenvalue weighted by Gasteiger charge is 2.17. The molecule has 0 bridgehead atoms. The molecule has 1 aromatic carbocycles. The predicted molar refractivity (Wildman–Crippen MR) is 78.4 cm³/mol. The number of nitrogens with two attached hydrogens (primary N) is 1. The molecule has 1 saturated heterocycles. The molecule has 108 valence electrons. The maximum absolute atomic E-state index is 11.9. The second-order valence-electron chi connectivity index (χ2n) is 5.45. The summed E-state index contributed by atoms with van der Waals surface area (Å²) in [5, 5.41) is 2.83. The molecule has 0 radical (unpaired) electrons. The lowest BCUT2D eigenvalue weighted by Crippen LogP contribution is -2.38. The maximum Gasteiger partial charge on any atom is 0.248 e. The summed E-state index contributed by atoms with van der Waals surface area (Å²) in [6, 6.07) is 6.60. The molecule has 2 amide bonds. The van der Waals surface area contributed by atoms with E-state index in [0.29, 0.717) is 17.8 Å². The van der Waals surface area contributed by atoms with Crippen molar-refractivity contribution in [2.24, 2.45) is 11.7 Å². The fraction of sp³-hybridized carbons (Fsp3) is 0.467. The van der Waals surface area contributed by atoms with Crippen LogP contribution < -0.4 is 11.1 Å². The van der Waals surface area contributed by atoms with Crippen LogP contribution in [-0.2, 0) is 4.79 Å². The van der Waals surface area contributed by atoms with Crippen molar-refractivity contribution in [3.63, 3.8) is 0 Å².